The summed E-state index contributed by atoms with van der Waals surface area (Å²) >= 11 is 0. The van der Waals surface area contributed by atoms with E-state index in [0.717, 1.165) is 16.7 Å². The lowest BCUT2D eigenvalue weighted by atomic mass is 10.1. The van der Waals surface area contributed by atoms with Crippen LogP contribution in [0.4, 0.5) is 13.2 Å². The third-order valence-electron chi connectivity index (χ3n) is 4.78. The van der Waals surface area contributed by atoms with Crippen LogP contribution < -0.4 is 16.6 Å². The highest BCUT2D eigenvalue weighted by atomic mass is 19.4. The molecule has 3 aromatic rings. The molecule has 2 heterocycles. The maximum atomic E-state index is 13.3. The Bertz CT molecular complexity index is 1260. The normalized spacial score (nSPS) is 12.1. The minimum Gasteiger partial charge on any atom is -0.409 e. The molecule has 0 unspecified atom stereocenters. The number of benzene rings is 1. The van der Waals surface area contributed by atoms with E-state index < -0.39 is 23.2 Å². The zero-order valence-electron chi connectivity index (χ0n) is 17.0. The number of hydrogen-bond acceptors (Lipinski definition) is 5. The number of nitrogens with two attached hydrogens (primary N) is 1. The molecule has 1 amide bonds. The first kappa shape index (κ1) is 22.6. The summed E-state index contributed by atoms with van der Waals surface area (Å²) in [5.41, 5.74) is 4.45. The number of oxime groups is 1. The minimum absolute atomic E-state index is 0.0585. The molecular weight excluding hydrogens is 429 g/mol. The molecule has 32 heavy (non-hydrogen) atoms. The fourth-order valence-corrected chi connectivity index (χ4v) is 3.20. The first-order valence-electron chi connectivity index (χ1n) is 9.22. The SMILES string of the molecule is Cc1c(-c2ccnn2C)cc(C(=O)NC/C(N)=N/O)c(=O)n1-c1cccc(C(F)(F)F)c1. The number of amides is 1. The molecule has 12 heteroatoms. The van der Waals surface area contributed by atoms with Crippen LogP contribution in [0.2, 0.25) is 0 Å². The van der Waals surface area contributed by atoms with Crippen LogP contribution in [0.25, 0.3) is 16.9 Å². The highest BCUT2D eigenvalue weighted by molar-refractivity contribution is 5.97. The van der Waals surface area contributed by atoms with Crippen molar-refractivity contribution in [3.63, 3.8) is 0 Å². The van der Waals surface area contributed by atoms with Crippen LogP contribution in [0, 0.1) is 6.92 Å². The number of nitrogens with one attached hydrogen (secondary N) is 1. The first-order valence-corrected chi connectivity index (χ1v) is 9.22. The number of carbonyl (C=O) groups excluding carboxylic acids is 1. The lowest BCUT2D eigenvalue weighted by Crippen LogP contribution is -2.38. The van der Waals surface area contributed by atoms with Gasteiger partial charge in [-0.15, -0.1) is 0 Å². The van der Waals surface area contributed by atoms with Gasteiger partial charge in [0, 0.05) is 30.2 Å². The highest BCUT2D eigenvalue weighted by Crippen LogP contribution is 2.31. The van der Waals surface area contributed by atoms with Crippen molar-refractivity contribution < 1.29 is 23.2 Å². The molecule has 4 N–H and O–H groups in total. The molecule has 9 nitrogen and oxygen atoms in total. The van der Waals surface area contributed by atoms with E-state index in [9.17, 15) is 22.8 Å². The van der Waals surface area contributed by atoms with Gasteiger partial charge in [0.25, 0.3) is 11.5 Å². The molecule has 3 rings (SSSR count). The predicted molar refractivity (Wildman–Crippen MR) is 110 cm³/mol. The number of amidine groups is 1. The van der Waals surface area contributed by atoms with Gasteiger partial charge in [-0.2, -0.15) is 18.3 Å². The number of rotatable bonds is 5. The Morgan fingerprint density at radius 2 is 2.00 bits per heavy atom. The summed E-state index contributed by atoms with van der Waals surface area (Å²) in [6.07, 6.45) is -3.11. The van der Waals surface area contributed by atoms with Crippen molar-refractivity contribution in [3.05, 3.63) is 69.8 Å². The summed E-state index contributed by atoms with van der Waals surface area (Å²) in [4.78, 5) is 25.9. The van der Waals surface area contributed by atoms with Gasteiger partial charge in [-0.3, -0.25) is 18.8 Å². The number of halogens is 3. The van der Waals surface area contributed by atoms with Crippen LogP contribution in [0.5, 0.6) is 0 Å². The highest BCUT2D eigenvalue weighted by Gasteiger charge is 2.31. The van der Waals surface area contributed by atoms with Gasteiger partial charge in [-0.25, -0.2) is 0 Å². The lowest BCUT2D eigenvalue weighted by Gasteiger charge is -2.18. The summed E-state index contributed by atoms with van der Waals surface area (Å²) in [5, 5.41) is 17.8. The van der Waals surface area contributed by atoms with Crippen molar-refractivity contribution in [2.75, 3.05) is 6.54 Å². The minimum atomic E-state index is -4.62. The van der Waals surface area contributed by atoms with E-state index in [1.165, 1.54) is 29.1 Å². The van der Waals surface area contributed by atoms with Crippen molar-refractivity contribution in [2.45, 2.75) is 13.1 Å². The summed E-state index contributed by atoms with van der Waals surface area (Å²) in [7, 11) is 1.65. The Hall–Kier alpha value is -4.09. The van der Waals surface area contributed by atoms with E-state index in [4.69, 9.17) is 10.9 Å². The Morgan fingerprint density at radius 3 is 2.59 bits per heavy atom. The second-order valence-electron chi connectivity index (χ2n) is 6.86. The van der Waals surface area contributed by atoms with Gasteiger partial charge in [-0.1, -0.05) is 11.2 Å². The fourth-order valence-electron chi connectivity index (χ4n) is 3.20. The zero-order valence-corrected chi connectivity index (χ0v) is 17.0. The third kappa shape index (κ3) is 4.33. The van der Waals surface area contributed by atoms with Crippen LogP contribution in [-0.2, 0) is 13.2 Å². The summed E-state index contributed by atoms with van der Waals surface area (Å²) in [6.45, 7) is 1.22. The van der Waals surface area contributed by atoms with Crippen molar-refractivity contribution in [2.24, 2.45) is 17.9 Å². The molecule has 0 atom stereocenters. The molecule has 168 valence electrons. The Balaban J connectivity index is 2.26. The molecule has 0 radical (unpaired) electrons. The number of pyridine rings is 1. The molecule has 0 aliphatic heterocycles. The number of alkyl halides is 3. The molecule has 0 fully saturated rings. The molecule has 0 spiro atoms. The quantitative estimate of drug-likeness (QED) is 0.238. The average molecular weight is 448 g/mol. The van der Waals surface area contributed by atoms with Crippen molar-refractivity contribution in [1.29, 1.82) is 0 Å². The van der Waals surface area contributed by atoms with Crippen LogP contribution in [0.1, 0.15) is 21.6 Å². The molecule has 0 saturated carbocycles. The number of aromatic nitrogens is 3. The van der Waals surface area contributed by atoms with Gasteiger partial charge in [0.1, 0.15) is 5.56 Å². The van der Waals surface area contributed by atoms with Gasteiger partial charge in [0.05, 0.1) is 17.8 Å². The van der Waals surface area contributed by atoms with E-state index in [1.54, 1.807) is 20.0 Å². The van der Waals surface area contributed by atoms with Gasteiger partial charge in [0.2, 0.25) is 0 Å². The Morgan fingerprint density at radius 1 is 1.28 bits per heavy atom. The third-order valence-corrected chi connectivity index (χ3v) is 4.78. The molecule has 0 aliphatic carbocycles. The van der Waals surface area contributed by atoms with Crippen LogP contribution >= 0.6 is 0 Å². The lowest BCUT2D eigenvalue weighted by molar-refractivity contribution is -0.137. The van der Waals surface area contributed by atoms with Gasteiger partial charge >= 0.3 is 6.18 Å². The second kappa shape index (κ2) is 8.57. The Kier molecular flexibility index (Phi) is 6.05. The van der Waals surface area contributed by atoms with E-state index in [0.29, 0.717) is 17.0 Å². The molecule has 0 bridgehead atoms. The maximum absolute atomic E-state index is 13.3. The summed E-state index contributed by atoms with van der Waals surface area (Å²) in [6, 6.07) is 7.22. The standard InChI is InChI=1S/C20H19F3N6O3/c1-11-14(16-6-7-26-28(16)2)9-15(18(30)25-10-17(24)27-32)19(31)29(11)13-5-3-4-12(8-13)20(21,22)23/h3-9,32H,10H2,1-2H3,(H2,24,27)(H,25,30). The number of carbonyl (C=O) groups is 1. The van der Waals surface area contributed by atoms with E-state index in [1.807, 2.05) is 0 Å². The maximum Gasteiger partial charge on any atom is 0.416 e. The van der Waals surface area contributed by atoms with Crippen LogP contribution in [0.3, 0.4) is 0 Å². The monoisotopic (exact) mass is 448 g/mol. The van der Waals surface area contributed by atoms with Crippen molar-refractivity contribution >= 4 is 11.7 Å². The largest absolute Gasteiger partial charge is 0.416 e. The van der Waals surface area contributed by atoms with Crippen molar-refractivity contribution in [1.82, 2.24) is 19.7 Å². The van der Waals surface area contributed by atoms with E-state index >= 15 is 0 Å². The fraction of sp³-hybridized carbons (Fsp3) is 0.200. The average Bonchev–Trinajstić information content (AvgIpc) is 3.17. The first-order chi connectivity index (χ1) is 15.0. The molecular formula is C20H19F3N6O3. The van der Waals surface area contributed by atoms with Gasteiger partial charge < -0.3 is 16.3 Å². The second-order valence-corrected chi connectivity index (χ2v) is 6.86. The van der Waals surface area contributed by atoms with E-state index in [-0.39, 0.29) is 23.6 Å². The van der Waals surface area contributed by atoms with E-state index in [2.05, 4.69) is 15.6 Å². The summed E-state index contributed by atoms with van der Waals surface area (Å²) < 4.78 is 42.3. The molecule has 1 aromatic carbocycles. The van der Waals surface area contributed by atoms with Crippen molar-refractivity contribution in [3.8, 4) is 16.9 Å². The predicted octanol–water partition coefficient (Wildman–Crippen LogP) is 2.04. The molecule has 0 saturated heterocycles. The topological polar surface area (TPSA) is 128 Å². The summed E-state index contributed by atoms with van der Waals surface area (Å²) in [5.74, 6) is -1.14. The smallest absolute Gasteiger partial charge is 0.409 e. The van der Waals surface area contributed by atoms with Crippen LogP contribution in [0.15, 0.2) is 52.5 Å². The molecule has 0 aliphatic rings. The van der Waals surface area contributed by atoms with Gasteiger partial charge in [-0.05, 0) is 37.3 Å². The number of hydrogen-bond donors (Lipinski definition) is 3. The number of nitrogens with zero attached hydrogens (tertiary/aromatic N) is 4. The Labute approximate surface area is 179 Å². The van der Waals surface area contributed by atoms with Crippen LogP contribution in [-0.4, -0.2) is 37.8 Å². The van der Waals surface area contributed by atoms with Gasteiger partial charge in [0.15, 0.2) is 5.84 Å². The number of aryl methyl sites for hydroxylation is 1. The zero-order chi connectivity index (χ0) is 23.6. The molecule has 2 aromatic heterocycles.